The highest BCUT2D eigenvalue weighted by Gasteiger charge is 2.45. The van der Waals surface area contributed by atoms with Crippen LogP contribution < -0.4 is 16.0 Å². The number of benzene rings is 1. The van der Waals surface area contributed by atoms with Crippen molar-refractivity contribution in [2.75, 3.05) is 0 Å². The monoisotopic (exact) mass is 461 g/mol. The Morgan fingerprint density at radius 1 is 1.12 bits per heavy atom. The molecule has 0 aliphatic carbocycles. The van der Waals surface area contributed by atoms with Gasteiger partial charge in [-0.2, -0.15) is 0 Å². The number of piperazine rings is 1. The van der Waals surface area contributed by atoms with Crippen molar-refractivity contribution in [2.45, 2.75) is 90.2 Å². The second-order valence-corrected chi connectivity index (χ2v) is 11.4. The third-order valence-corrected chi connectivity index (χ3v) is 6.91. The fraction of sp³-hybridized carbons (Fsp3) is 0.640. The van der Waals surface area contributed by atoms with Crippen LogP contribution in [0, 0.1) is 11.8 Å². The average Bonchev–Trinajstić information content (AvgIpc) is 2.71. The van der Waals surface area contributed by atoms with Crippen LogP contribution in [0.4, 0.5) is 0 Å². The molecule has 1 saturated heterocycles. The molecule has 0 saturated carbocycles. The lowest BCUT2D eigenvalue weighted by Gasteiger charge is -2.43. The SMILES string of the molecule is CC[C@@H](C)[C@@H]1N[C@@H](C(=O)NC(C)(C)C)[C@H]([C@@H](CC(C)C)SC(=O)c2ccccc2)NC1=O. The van der Waals surface area contributed by atoms with Crippen LogP contribution in [-0.4, -0.2) is 45.8 Å². The highest BCUT2D eigenvalue weighted by molar-refractivity contribution is 8.14. The van der Waals surface area contributed by atoms with Gasteiger partial charge in [-0.15, -0.1) is 0 Å². The summed E-state index contributed by atoms with van der Waals surface area (Å²) in [6.07, 6.45) is 1.52. The van der Waals surface area contributed by atoms with E-state index >= 15 is 0 Å². The molecule has 1 aliphatic rings. The molecule has 0 spiro atoms. The lowest BCUT2D eigenvalue weighted by molar-refractivity contribution is -0.133. The Labute approximate surface area is 197 Å². The van der Waals surface area contributed by atoms with E-state index in [0.29, 0.717) is 17.9 Å². The molecular formula is C25H39N3O3S. The van der Waals surface area contributed by atoms with Crippen molar-refractivity contribution in [3.8, 4) is 0 Å². The maximum Gasteiger partial charge on any atom is 0.239 e. The predicted molar refractivity (Wildman–Crippen MR) is 132 cm³/mol. The van der Waals surface area contributed by atoms with E-state index in [-0.39, 0.29) is 28.1 Å². The van der Waals surface area contributed by atoms with Gasteiger partial charge in [0.2, 0.25) is 16.9 Å². The molecule has 6 nitrogen and oxygen atoms in total. The molecule has 1 aromatic rings. The number of hydrogen-bond acceptors (Lipinski definition) is 5. The van der Waals surface area contributed by atoms with Crippen molar-refractivity contribution in [2.24, 2.45) is 11.8 Å². The van der Waals surface area contributed by atoms with Gasteiger partial charge in [-0.25, -0.2) is 0 Å². The van der Waals surface area contributed by atoms with E-state index in [0.717, 1.165) is 6.42 Å². The van der Waals surface area contributed by atoms with Crippen LogP contribution in [-0.2, 0) is 9.59 Å². The third kappa shape index (κ3) is 7.34. The maximum absolute atomic E-state index is 13.3. The molecule has 0 unspecified atom stereocenters. The van der Waals surface area contributed by atoms with Gasteiger partial charge < -0.3 is 10.6 Å². The van der Waals surface area contributed by atoms with Crippen molar-refractivity contribution in [3.63, 3.8) is 0 Å². The van der Waals surface area contributed by atoms with Crippen LogP contribution in [0.15, 0.2) is 30.3 Å². The Morgan fingerprint density at radius 3 is 2.28 bits per heavy atom. The Balaban J connectivity index is 2.36. The topological polar surface area (TPSA) is 87.3 Å². The largest absolute Gasteiger partial charge is 0.350 e. The molecule has 2 amide bonds. The number of hydrogen-bond donors (Lipinski definition) is 3. The lowest BCUT2D eigenvalue weighted by Crippen LogP contribution is -2.72. The van der Waals surface area contributed by atoms with Gasteiger partial charge in [0.1, 0.15) is 6.04 Å². The van der Waals surface area contributed by atoms with E-state index in [1.165, 1.54) is 11.8 Å². The third-order valence-electron chi connectivity index (χ3n) is 5.68. The molecule has 1 heterocycles. The molecule has 1 aliphatic heterocycles. The van der Waals surface area contributed by atoms with Crippen LogP contribution in [0.3, 0.4) is 0 Å². The quantitative estimate of drug-likeness (QED) is 0.549. The second-order valence-electron chi connectivity index (χ2n) is 10.2. The zero-order chi connectivity index (χ0) is 24.1. The number of nitrogens with one attached hydrogen (secondary N) is 3. The highest BCUT2D eigenvalue weighted by atomic mass is 32.2. The van der Waals surface area contributed by atoms with Gasteiger partial charge in [-0.1, -0.05) is 76.2 Å². The summed E-state index contributed by atoms with van der Waals surface area (Å²) >= 11 is 1.22. The summed E-state index contributed by atoms with van der Waals surface area (Å²) in [6.45, 7) is 14.0. The summed E-state index contributed by atoms with van der Waals surface area (Å²) in [5.41, 5.74) is 0.214. The molecule has 0 radical (unpaired) electrons. The molecule has 3 N–H and O–H groups in total. The number of amides is 2. The maximum atomic E-state index is 13.3. The molecule has 0 aromatic heterocycles. The molecule has 1 aromatic carbocycles. The van der Waals surface area contributed by atoms with Gasteiger partial charge in [0.25, 0.3) is 0 Å². The second kappa shape index (κ2) is 11.3. The van der Waals surface area contributed by atoms with Crippen LogP contribution in [0.25, 0.3) is 0 Å². The van der Waals surface area contributed by atoms with Crippen molar-refractivity contribution < 1.29 is 14.4 Å². The van der Waals surface area contributed by atoms with Crippen LogP contribution >= 0.6 is 11.8 Å². The fourth-order valence-electron chi connectivity index (χ4n) is 3.87. The smallest absolute Gasteiger partial charge is 0.239 e. The van der Waals surface area contributed by atoms with E-state index in [2.05, 4.69) is 29.8 Å². The number of carbonyl (C=O) groups excluding carboxylic acids is 3. The van der Waals surface area contributed by atoms with E-state index in [1.807, 2.05) is 52.8 Å². The first kappa shape index (κ1) is 26.4. The fourth-order valence-corrected chi connectivity index (χ4v) is 5.27. The Kier molecular flexibility index (Phi) is 9.34. The summed E-state index contributed by atoms with van der Waals surface area (Å²) in [4.78, 5) is 39.3. The summed E-state index contributed by atoms with van der Waals surface area (Å²) < 4.78 is 0. The summed E-state index contributed by atoms with van der Waals surface area (Å²) in [5.74, 6) is 0.123. The number of rotatable bonds is 8. The summed E-state index contributed by atoms with van der Waals surface area (Å²) in [6, 6.07) is 7.58. The van der Waals surface area contributed by atoms with Gasteiger partial charge in [0.15, 0.2) is 0 Å². The first-order valence-electron chi connectivity index (χ1n) is 11.6. The predicted octanol–water partition coefficient (Wildman–Crippen LogP) is 3.76. The van der Waals surface area contributed by atoms with E-state index in [4.69, 9.17) is 0 Å². The first-order chi connectivity index (χ1) is 14.9. The molecule has 1 fully saturated rings. The lowest BCUT2D eigenvalue weighted by atomic mass is 9.88. The van der Waals surface area contributed by atoms with Crippen molar-refractivity contribution in [1.82, 2.24) is 16.0 Å². The van der Waals surface area contributed by atoms with Gasteiger partial charge in [-0.05, 0) is 39.0 Å². The highest BCUT2D eigenvalue weighted by Crippen LogP contribution is 2.30. The Hall–Kier alpha value is -1.86. The minimum absolute atomic E-state index is 0.0514. The zero-order valence-electron chi connectivity index (χ0n) is 20.4. The van der Waals surface area contributed by atoms with Crippen LogP contribution in [0.2, 0.25) is 0 Å². The zero-order valence-corrected chi connectivity index (χ0v) is 21.2. The molecule has 5 atom stereocenters. The Morgan fingerprint density at radius 2 is 1.75 bits per heavy atom. The first-order valence-corrected chi connectivity index (χ1v) is 12.4. The van der Waals surface area contributed by atoms with Gasteiger partial charge in [0.05, 0.1) is 12.1 Å². The number of carbonyl (C=O) groups is 3. The van der Waals surface area contributed by atoms with Crippen LogP contribution in [0.5, 0.6) is 0 Å². The van der Waals surface area contributed by atoms with Gasteiger partial charge >= 0.3 is 0 Å². The Bertz CT molecular complexity index is 791. The van der Waals surface area contributed by atoms with Crippen molar-refractivity contribution in [3.05, 3.63) is 35.9 Å². The van der Waals surface area contributed by atoms with E-state index in [9.17, 15) is 14.4 Å². The molecule has 7 heteroatoms. The van der Waals surface area contributed by atoms with E-state index in [1.54, 1.807) is 12.1 Å². The van der Waals surface area contributed by atoms with Gasteiger partial charge in [0, 0.05) is 16.4 Å². The standard InChI is InChI=1S/C25H39N3O3S/c1-8-16(4)19-22(29)27-20(21(26-19)23(30)28-25(5,6)7)18(14-15(2)3)32-24(31)17-12-10-9-11-13-17/h9-13,15-16,18-21,26H,8,14H2,1-7H3,(H,27,29)(H,28,30)/t16-,18-,19+,20+,21-/m1/s1. The molecule has 178 valence electrons. The normalized spacial score (nSPS) is 23.4. The molecule has 2 rings (SSSR count). The van der Waals surface area contributed by atoms with Gasteiger partial charge in [-0.3, -0.25) is 19.7 Å². The van der Waals surface area contributed by atoms with Crippen LogP contribution in [0.1, 0.15) is 71.7 Å². The van der Waals surface area contributed by atoms with Crippen molar-refractivity contribution >= 4 is 28.7 Å². The minimum Gasteiger partial charge on any atom is -0.350 e. The van der Waals surface area contributed by atoms with Crippen molar-refractivity contribution in [1.29, 1.82) is 0 Å². The number of thioether (sulfide) groups is 1. The molecule has 0 bridgehead atoms. The molecule has 32 heavy (non-hydrogen) atoms. The summed E-state index contributed by atoms with van der Waals surface area (Å²) in [7, 11) is 0. The average molecular weight is 462 g/mol. The molecular weight excluding hydrogens is 422 g/mol. The summed E-state index contributed by atoms with van der Waals surface area (Å²) in [5, 5.41) is 9.23. The van der Waals surface area contributed by atoms with E-state index < -0.39 is 23.7 Å². The minimum atomic E-state index is -0.620.